The van der Waals surface area contributed by atoms with Crippen LogP contribution in [0, 0.1) is 5.41 Å². The molecule has 2 heteroatoms. The SMILES string of the molecule is CC(O)CC(C)(C)Cc1cccc(Cl)c1. The fourth-order valence-corrected chi connectivity index (χ4v) is 2.28. The Balaban J connectivity index is 2.68. The van der Waals surface area contributed by atoms with Gasteiger partial charge in [0.1, 0.15) is 0 Å². The highest BCUT2D eigenvalue weighted by Crippen LogP contribution is 2.28. The van der Waals surface area contributed by atoms with E-state index in [1.165, 1.54) is 5.56 Å². The topological polar surface area (TPSA) is 20.2 Å². The number of benzene rings is 1. The second kappa shape index (κ2) is 5.00. The van der Waals surface area contributed by atoms with E-state index in [2.05, 4.69) is 19.9 Å². The summed E-state index contributed by atoms with van der Waals surface area (Å²) in [5.41, 5.74) is 1.34. The normalized spacial score (nSPS) is 13.9. The van der Waals surface area contributed by atoms with E-state index >= 15 is 0 Å². The molecule has 0 aliphatic heterocycles. The lowest BCUT2D eigenvalue weighted by Gasteiger charge is -2.26. The zero-order chi connectivity index (χ0) is 11.5. The molecule has 0 bridgehead atoms. The summed E-state index contributed by atoms with van der Waals surface area (Å²) in [4.78, 5) is 0. The smallest absolute Gasteiger partial charge is 0.0517 e. The van der Waals surface area contributed by atoms with Crippen molar-refractivity contribution < 1.29 is 5.11 Å². The van der Waals surface area contributed by atoms with Gasteiger partial charge in [-0.3, -0.25) is 0 Å². The zero-order valence-corrected chi connectivity index (χ0v) is 10.4. The third kappa shape index (κ3) is 4.67. The molecule has 1 rings (SSSR count). The lowest BCUT2D eigenvalue weighted by atomic mass is 9.81. The van der Waals surface area contributed by atoms with Crippen molar-refractivity contribution in [1.82, 2.24) is 0 Å². The number of rotatable bonds is 4. The Morgan fingerprint density at radius 2 is 2.07 bits per heavy atom. The van der Waals surface area contributed by atoms with Crippen molar-refractivity contribution in [3.8, 4) is 0 Å². The highest BCUT2D eigenvalue weighted by atomic mass is 35.5. The van der Waals surface area contributed by atoms with Crippen molar-refractivity contribution in [3.05, 3.63) is 34.9 Å². The van der Waals surface area contributed by atoms with Crippen molar-refractivity contribution in [2.75, 3.05) is 0 Å². The molecule has 1 nitrogen and oxygen atoms in total. The Morgan fingerprint density at radius 1 is 1.40 bits per heavy atom. The summed E-state index contributed by atoms with van der Waals surface area (Å²) in [5, 5.41) is 10.2. The monoisotopic (exact) mass is 226 g/mol. The third-order valence-electron chi connectivity index (χ3n) is 2.42. The van der Waals surface area contributed by atoms with Gasteiger partial charge in [-0.1, -0.05) is 37.6 Å². The molecule has 1 atom stereocenters. The van der Waals surface area contributed by atoms with Gasteiger partial charge in [-0.05, 0) is 42.9 Å². The first-order valence-corrected chi connectivity index (χ1v) is 5.69. The van der Waals surface area contributed by atoms with Crippen LogP contribution >= 0.6 is 11.6 Å². The molecule has 84 valence electrons. The van der Waals surface area contributed by atoms with Crippen LogP contribution in [0.5, 0.6) is 0 Å². The molecule has 0 radical (unpaired) electrons. The van der Waals surface area contributed by atoms with Gasteiger partial charge in [0.15, 0.2) is 0 Å². The quantitative estimate of drug-likeness (QED) is 0.831. The summed E-state index contributed by atoms with van der Waals surface area (Å²) in [6.45, 7) is 6.17. The van der Waals surface area contributed by atoms with Crippen molar-refractivity contribution in [2.45, 2.75) is 39.7 Å². The molecule has 0 aliphatic rings. The molecule has 1 N–H and O–H groups in total. The largest absolute Gasteiger partial charge is 0.393 e. The van der Waals surface area contributed by atoms with Crippen LogP contribution in [0.15, 0.2) is 24.3 Å². The van der Waals surface area contributed by atoms with Crippen LogP contribution in [0.4, 0.5) is 0 Å². The summed E-state index contributed by atoms with van der Waals surface area (Å²) in [6, 6.07) is 7.92. The number of aliphatic hydroxyl groups is 1. The Labute approximate surface area is 97.1 Å². The van der Waals surface area contributed by atoms with E-state index in [1.807, 2.05) is 25.1 Å². The summed E-state index contributed by atoms with van der Waals surface area (Å²) in [5.74, 6) is 0. The van der Waals surface area contributed by atoms with Gasteiger partial charge in [0.25, 0.3) is 0 Å². The fraction of sp³-hybridized carbons (Fsp3) is 0.538. The Bertz CT molecular complexity index is 318. The van der Waals surface area contributed by atoms with Crippen LogP contribution in [0.25, 0.3) is 0 Å². The van der Waals surface area contributed by atoms with E-state index in [0.717, 1.165) is 17.9 Å². The van der Waals surface area contributed by atoms with Crippen molar-refractivity contribution in [1.29, 1.82) is 0 Å². The van der Waals surface area contributed by atoms with Crippen LogP contribution in [0.2, 0.25) is 5.02 Å². The maximum absolute atomic E-state index is 9.39. The number of halogens is 1. The van der Waals surface area contributed by atoms with Gasteiger partial charge in [-0.25, -0.2) is 0 Å². The van der Waals surface area contributed by atoms with E-state index in [4.69, 9.17) is 11.6 Å². The number of hydrogen-bond acceptors (Lipinski definition) is 1. The molecular formula is C13H19ClO. The van der Waals surface area contributed by atoms with Gasteiger partial charge in [0.2, 0.25) is 0 Å². The first kappa shape index (κ1) is 12.5. The Kier molecular flexibility index (Phi) is 4.18. The van der Waals surface area contributed by atoms with Crippen LogP contribution in [0.3, 0.4) is 0 Å². The maximum Gasteiger partial charge on any atom is 0.0517 e. The zero-order valence-electron chi connectivity index (χ0n) is 9.63. The molecular weight excluding hydrogens is 208 g/mol. The average Bonchev–Trinajstić information content (AvgIpc) is 1.99. The summed E-state index contributed by atoms with van der Waals surface area (Å²) in [7, 11) is 0. The number of aliphatic hydroxyl groups excluding tert-OH is 1. The van der Waals surface area contributed by atoms with Crippen molar-refractivity contribution >= 4 is 11.6 Å². The first-order chi connectivity index (χ1) is 6.89. The fourth-order valence-electron chi connectivity index (χ4n) is 2.07. The first-order valence-electron chi connectivity index (χ1n) is 5.31. The predicted octanol–water partition coefficient (Wildman–Crippen LogP) is 3.68. The predicted molar refractivity (Wildman–Crippen MR) is 65.2 cm³/mol. The third-order valence-corrected chi connectivity index (χ3v) is 2.65. The molecule has 0 saturated heterocycles. The molecule has 0 heterocycles. The standard InChI is InChI=1S/C13H19ClO/c1-10(15)8-13(2,3)9-11-5-4-6-12(14)7-11/h4-7,10,15H,8-9H2,1-3H3. The van der Waals surface area contributed by atoms with Gasteiger partial charge in [-0.2, -0.15) is 0 Å². The molecule has 15 heavy (non-hydrogen) atoms. The molecule has 0 saturated carbocycles. The van der Waals surface area contributed by atoms with Crippen LogP contribution in [0.1, 0.15) is 32.8 Å². The van der Waals surface area contributed by atoms with E-state index in [-0.39, 0.29) is 11.5 Å². The molecule has 1 aromatic carbocycles. The molecule has 0 fully saturated rings. The number of hydrogen-bond donors (Lipinski definition) is 1. The highest BCUT2D eigenvalue weighted by molar-refractivity contribution is 6.30. The minimum absolute atomic E-state index is 0.110. The summed E-state index contributed by atoms with van der Waals surface area (Å²) < 4.78 is 0. The Morgan fingerprint density at radius 3 is 2.60 bits per heavy atom. The van der Waals surface area contributed by atoms with Gasteiger partial charge >= 0.3 is 0 Å². The minimum atomic E-state index is -0.251. The lowest BCUT2D eigenvalue weighted by Crippen LogP contribution is -2.21. The van der Waals surface area contributed by atoms with Crippen LogP contribution in [-0.4, -0.2) is 11.2 Å². The van der Waals surface area contributed by atoms with Gasteiger partial charge in [0, 0.05) is 5.02 Å². The summed E-state index contributed by atoms with van der Waals surface area (Å²) in [6.07, 6.45) is 1.50. The van der Waals surface area contributed by atoms with Gasteiger partial charge in [0.05, 0.1) is 6.10 Å². The lowest BCUT2D eigenvalue weighted by molar-refractivity contribution is 0.129. The second-order valence-corrected chi connectivity index (χ2v) is 5.46. The van der Waals surface area contributed by atoms with Crippen molar-refractivity contribution in [3.63, 3.8) is 0 Å². The van der Waals surface area contributed by atoms with Gasteiger partial charge < -0.3 is 5.11 Å². The summed E-state index contributed by atoms with van der Waals surface area (Å²) >= 11 is 5.93. The average molecular weight is 227 g/mol. The molecule has 0 spiro atoms. The van der Waals surface area contributed by atoms with Crippen LogP contribution < -0.4 is 0 Å². The van der Waals surface area contributed by atoms with E-state index in [0.29, 0.717) is 0 Å². The minimum Gasteiger partial charge on any atom is -0.393 e. The van der Waals surface area contributed by atoms with E-state index in [9.17, 15) is 5.11 Å². The molecule has 0 amide bonds. The molecule has 1 unspecified atom stereocenters. The molecule has 0 aliphatic carbocycles. The van der Waals surface area contributed by atoms with Crippen LogP contribution in [-0.2, 0) is 6.42 Å². The second-order valence-electron chi connectivity index (χ2n) is 5.02. The Hall–Kier alpha value is -0.530. The highest BCUT2D eigenvalue weighted by Gasteiger charge is 2.20. The molecule has 0 aromatic heterocycles. The van der Waals surface area contributed by atoms with E-state index in [1.54, 1.807) is 0 Å². The van der Waals surface area contributed by atoms with Gasteiger partial charge in [-0.15, -0.1) is 0 Å². The van der Waals surface area contributed by atoms with E-state index < -0.39 is 0 Å². The maximum atomic E-state index is 9.39. The van der Waals surface area contributed by atoms with Crippen molar-refractivity contribution in [2.24, 2.45) is 5.41 Å². The molecule has 1 aromatic rings.